The van der Waals surface area contributed by atoms with Crippen LogP contribution in [0.15, 0.2) is 30.3 Å². The molecule has 0 fully saturated rings. The molecule has 2 aromatic carbocycles. The summed E-state index contributed by atoms with van der Waals surface area (Å²) < 4.78 is 16.5. The highest BCUT2D eigenvalue weighted by molar-refractivity contribution is 5.96. The fourth-order valence-electron chi connectivity index (χ4n) is 3.44. The Morgan fingerprint density at radius 1 is 1.07 bits per heavy atom. The van der Waals surface area contributed by atoms with Gasteiger partial charge in [0.25, 0.3) is 5.91 Å². The van der Waals surface area contributed by atoms with Gasteiger partial charge in [-0.05, 0) is 41.8 Å². The second-order valence-corrected chi connectivity index (χ2v) is 6.47. The molecule has 0 radical (unpaired) electrons. The first-order valence-corrected chi connectivity index (χ1v) is 8.69. The van der Waals surface area contributed by atoms with Gasteiger partial charge in [0, 0.05) is 18.7 Å². The van der Waals surface area contributed by atoms with Crippen molar-refractivity contribution < 1.29 is 28.9 Å². The van der Waals surface area contributed by atoms with Crippen molar-refractivity contribution >= 4 is 11.9 Å². The van der Waals surface area contributed by atoms with E-state index in [2.05, 4.69) is 0 Å². The molecule has 27 heavy (non-hydrogen) atoms. The number of carboxylic acid groups (broad SMARTS) is 1. The van der Waals surface area contributed by atoms with Crippen LogP contribution in [0.4, 0.5) is 0 Å². The van der Waals surface area contributed by atoms with Crippen molar-refractivity contribution in [2.75, 3.05) is 26.9 Å². The minimum atomic E-state index is -0.974. The summed E-state index contributed by atoms with van der Waals surface area (Å²) in [4.78, 5) is 26.0. The first-order valence-electron chi connectivity index (χ1n) is 8.69. The Labute approximate surface area is 156 Å². The second kappa shape index (κ2) is 6.83. The van der Waals surface area contributed by atoms with Crippen LogP contribution >= 0.6 is 0 Å². The van der Waals surface area contributed by atoms with E-state index in [9.17, 15) is 14.7 Å². The summed E-state index contributed by atoms with van der Waals surface area (Å²) in [5.74, 6) is 0.334. The molecule has 0 atom stereocenters. The average molecular weight is 369 g/mol. The van der Waals surface area contributed by atoms with Crippen molar-refractivity contribution in [3.63, 3.8) is 0 Å². The molecule has 140 valence electrons. The van der Waals surface area contributed by atoms with Crippen LogP contribution < -0.4 is 14.2 Å². The molecular weight excluding hydrogens is 350 g/mol. The lowest BCUT2D eigenvalue weighted by Gasteiger charge is -2.30. The van der Waals surface area contributed by atoms with Crippen LogP contribution in [0.5, 0.6) is 17.2 Å². The molecule has 0 unspecified atom stereocenters. The highest BCUT2D eigenvalue weighted by Gasteiger charge is 2.26. The molecule has 0 aromatic heterocycles. The van der Waals surface area contributed by atoms with Crippen LogP contribution in [0, 0.1) is 0 Å². The number of ether oxygens (including phenoxy) is 3. The number of hydrogen-bond acceptors (Lipinski definition) is 5. The van der Waals surface area contributed by atoms with E-state index in [1.165, 1.54) is 7.11 Å². The van der Waals surface area contributed by atoms with Gasteiger partial charge in [0.1, 0.15) is 13.2 Å². The van der Waals surface area contributed by atoms with Gasteiger partial charge in [-0.15, -0.1) is 0 Å². The number of benzene rings is 2. The number of carboxylic acids is 1. The molecule has 1 N–H and O–H groups in total. The lowest BCUT2D eigenvalue weighted by molar-refractivity contribution is 0.0696. The van der Waals surface area contributed by atoms with E-state index in [0.717, 1.165) is 11.1 Å². The van der Waals surface area contributed by atoms with Gasteiger partial charge in [-0.1, -0.05) is 6.07 Å². The van der Waals surface area contributed by atoms with Crippen molar-refractivity contribution in [3.8, 4) is 17.2 Å². The second-order valence-electron chi connectivity index (χ2n) is 6.47. The van der Waals surface area contributed by atoms with Gasteiger partial charge in [0.15, 0.2) is 11.5 Å². The Morgan fingerprint density at radius 3 is 2.67 bits per heavy atom. The summed E-state index contributed by atoms with van der Waals surface area (Å²) in [6.45, 7) is 1.79. The standard InChI is InChI=1S/C20H19NO6/c1-25-16-9-14(10-17-18(16)27-7-6-26-17)19(22)21-5-4-12-2-3-13(20(23)24)8-15(12)11-21/h2-3,8-10H,4-7,11H2,1H3,(H,23,24). The van der Waals surface area contributed by atoms with Crippen LogP contribution in [-0.4, -0.2) is 48.8 Å². The van der Waals surface area contributed by atoms with E-state index in [-0.39, 0.29) is 11.5 Å². The van der Waals surface area contributed by atoms with Gasteiger partial charge in [0.2, 0.25) is 5.75 Å². The average Bonchev–Trinajstić information content (AvgIpc) is 2.71. The number of amides is 1. The first-order chi connectivity index (χ1) is 13.1. The maximum absolute atomic E-state index is 13.0. The van der Waals surface area contributed by atoms with Gasteiger partial charge in [-0.3, -0.25) is 4.79 Å². The highest BCUT2D eigenvalue weighted by Crippen LogP contribution is 2.40. The van der Waals surface area contributed by atoms with Crippen molar-refractivity contribution in [1.29, 1.82) is 0 Å². The molecule has 4 rings (SSSR count). The van der Waals surface area contributed by atoms with Crippen molar-refractivity contribution in [2.45, 2.75) is 13.0 Å². The quantitative estimate of drug-likeness (QED) is 0.894. The minimum Gasteiger partial charge on any atom is -0.493 e. The third-order valence-electron chi connectivity index (χ3n) is 4.83. The van der Waals surface area contributed by atoms with Gasteiger partial charge in [0.05, 0.1) is 12.7 Å². The van der Waals surface area contributed by atoms with E-state index in [4.69, 9.17) is 14.2 Å². The minimum absolute atomic E-state index is 0.156. The van der Waals surface area contributed by atoms with Gasteiger partial charge < -0.3 is 24.2 Å². The summed E-state index contributed by atoms with van der Waals surface area (Å²) in [5.41, 5.74) is 2.61. The maximum atomic E-state index is 13.0. The van der Waals surface area contributed by atoms with E-state index >= 15 is 0 Å². The Morgan fingerprint density at radius 2 is 1.89 bits per heavy atom. The van der Waals surface area contributed by atoms with Crippen LogP contribution in [0.2, 0.25) is 0 Å². The zero-order chi connectivity index (χ0) is 19.0. The lowest BCUT2D eigenvalue weighted by atomic mass is 9.96. The number of methoxy groups -OCH3 is 1. The summed E-state index contributed by atoms with van der Waals surface area (Å²) in [5, 5.41) is 9.19. The monoisotopic (exact) mass is 369 g/mol. The fraction of sp³-hybridized carbons (Fsp3) is 0.300. The molecule has 2 aromatic rings. The summed E-state index contributed by atoms with van der Waals surface area (Å²) in [7, 11) is 1.52. The fourth-order valence-corrected chi connectivity index (χ4v) is 3.44. The molecule has 2 heterocycles. The Bertz CT molecular complexity index is 906. The molecule has 0 aliphatic carbocycles. The largest absolute Gasteiger partial charge is 0.493 e. The van der Waals surface area contributed by atoms with E-state index in [1.54, 1.807) is 29.2 Å². The van der Waals surface area contributed by atoms with Crippen molar-refractivity contribution in [1.82, 2.24) is 4.90 Å². The molecule has 0 saturated heterocycles. The normalized spacial score (nSPS) is 15.1. The lowest BCUT2D eigenvalue weighted by Crippen LogP contribution is -2.36. The van der Waals surface area contributed by atoms with Crippen LogP contribution in [0.1, 0.15) is 31.8 Å². The van der Waals surface area contributed by atoms with E-state index in [1.807, 2.05) is 6.07 Å². The predicted octanol–water partition coefficient (Wildman–Crippen LogP) is 2.36. The summed E-state index contributed by atoms with van der Waals surface area (Å²) in [6.07, 6.45) is 0.683. The summed E-state index contributed by atoms with van der Waals surface area (Å²) in [6, 6.07) is 8.39. The molecular formula is C20H19NO6. The molecule has 7 heteroatoms. The first kappa shape index (κ1) is 17.2. The van der Waals surface area contributed by atoms with Crippen molar-refractivity contribution in [3.05, 3.63) is 52.6 Å². The Balaban J connectivity index is 1.62. The van der Waals surface area contributed by atoms with Gasteiger partial charge >= 0.3 is 5.97 Å². The number of hydrogen-bond donors (Lipinski definition) is 1. The Hall–Kier alpha value is -3.22. The smallest absolute Gasteiger partial charge is 0.335 e. The van der Waals surface area contributed by atoms with Gasteiger partial charge in [-0.25, -0.2) is 4.79 Å². The molecule has 0 saturated carbocycles. The van der Waals surface area contributed by atoms with Crippen LogP contribution in [0.25, 0.3) is 0 Å². The van der Waals surface area contributed by atoms with Gasteiger partial charge in [-0.2, -0.15) is 0 Å². The number of nitrogens with zero attached hydrogens (tertiary/aromatic N) is 1. The topological polar surface area (TPSA) is 85.3 Å². The molecule has 2 aliphatic heterocycles. The number of carbonyl (C=O) groups is 2. The number of fused-ring (bicyclic) bond motifs is 2. The van der Waals surface area contributed by atoms with Crippen LogP contribution in [0.3, 0.4) is 0 Å². The Kier molecular flexibility index (Phi) is 4.35. The van der Waals surface area contributed by atoms with E-state index < -0.39 is 5.97 Å². The zero-order valence-electron chi connectivity index (χ0n) is 14.9. The predicted molar refractivity (Wildman–Crippen MR) is 95.8 cm³/mol. The number of carbonyl (C=O) groups excluding carboxylic acids is 1. The SMILES string of the molecule is COc1cc(C(=O)N2CCc3ccc(C(=O)O)cc3C2)cc2c1OCCO2. The molecule has 2 aliphatic rings. The summed E-state index contributed by atoms with van der Waals surface area (Å²) >= 11 is 0. The highest BCUT2D eigenvalue weighted by atomic mass is 16.6. The maximum Gasteiger partial charge on any atom is 0.335 e. The molecule has 0 spiro atoms. The molecule has 7 nitrogen and oxygen atoms in total. The zero-order valence-corrected chi connectivity index (χ0v) is 14.9. The number of aromatic carboxylic acids is 1. The van der Waals surface area contributed by atoms with Crippen molar-refractivity contribution in [2.24, 2.45) is 0 Å². The third kappa shape index (κ3) is 3.16. The molecule has 0 bridgehead atoms. The third-order valence-corrected chi connectivity index (χ3v) is 4.83. The molecule has 1 amide bonds. The van der Waals surface area contributed by atoms with E-state index in [0.29, 0.717) is 55.5 Å². The number of rotatable bonds is 3. The van der Waals surface area contributed by atoms with Crippen LogP contribution in [-0.2, 0) is 13.0 Å².